The minimum Gasteiger partial charge on any atom is -0.493 e. The molecule has 0 aliphatic carbocycles. The topological polar surface area (TPSA) is 78.6 Å². The van der Waals surface area contributed by atoms with Crippen LogP contribution in [0.5, 0.6) is 11.5 Å². The van der Waals surface area contributed by atoms with Crippen LogP contribution < -0.4 is 15.2 Å². The Morgan fingerprint density at radius 1 is 1.21 bits per heavy atom. The van der Waals surface area contributed by atoms with Crippen molar-refractivity contribution in [1.29, 1.82) is 0 Å². The van der Waals surface area contributed by atoms with E-state index in [4.69, 9.17) is 15.2 Å². The molecule has 0 unspecified atom stereocenters. The van der Waals surface area contributed by atoms with Crippen molar-refractivity contribution in [2.24, 2.45) is 0 Å². The summed E-state index contributed by atoms with van der Waals surface area (Å²) in [6.45, 7) is 5.10. The number of hydrogen-bond donors (Lipinski definition) is 1. The molecule has 1 rings (SSSR count). The van der Waals surface area contributed by atoms with Crippen molar-refractivity contribution in [1.82, 2.24) is 0 Å². The molecule has 2 N–H and O–H groups in total. The van der Waals surface area contributed by atoms with Gasteiger partial charge in [0.15, 0.2) is 21.3 Å². The first-order chi connectivity index (χ1) is 8.67. The lowest BCUT2D eigenvalue weighted by Gasteiger charge is -2.19. The molecule has 0 aromatic heterocycles. The number of nitrogens with two attached hydrogens (primary N) is 1. The molecule has 108 valence electrons. The van der Waals surface area contributed by atoms with Gasteiger partial charge in [0.2, 0.25) is 0 Å². The molecular weight excluding hydrogens is 266 g/mol. The van der Waals surface area contributed by atoms with Gasteiger partial charge in [0, 0.05) is 11.8 Å². The molecule has 0 heterocycles. The van der Waals surface area contributed by atoms with Crippen molar-refractivity contribution < 1.29 is 17.9 Å². The second kappa shape index (κ2) is 5.69. The number of ether oxygens (including phenoxy) is 2. The Bertz CT molecular complexity index is 532. The summed E-state index contributed by atoms with van der Waals surface area (Å²) in [6.07, 6.45) is 0. The van der Waals surface area contributed by atoms with Crippen molar-refractivity contribution in [3.63, 3.8) is 0 Å². The van der Waals surface area contributed by atoms with Crippen LogP contribution in [0, 0.1) is 0 Å². The molecule has 0 fully saturated rings. The van der Waals surface area contributed by atoms with Crippen molar-refractivity contribution in [3.05, 3.63) is 18.2 Å². The third kappa shape index (κ3) is 4.02. The van der Waals surface area contributed by atoms with Gasteiger partial charge < -0.3 is 15.2 Å². The minimum atomic E-state index is -3.19. The Morgan fingerprint density at radius 2 is 1.84 bits per heavy atom. The molecule has 0 saturated carbocycles. The number of benzene rings is 1. The van der Waals surface area contributed by atoms with Crippen LogP contribution >= 0.6 is 0 Å². The molecule has 0 aliphatic rings. The van der Waals surface area contributed by atoms with Gasteiger partial charge in [0.25, 0.3) is 0 Å². The summed E-state index contributed by atoms with van der Waals surface area (Å²) >= 11 is 0. The number of methoxy groups -OCH3 is 1. The largest absolute Gasteiger partial charge is 0.493 e. The molecular formula is C13H21NO4S. The van der Waals surface area contributed by atoms with E-state index in [1.807, 2.05) is 0 Å². The molecule has 1 aromatic rings. The summed E-state index contributed by atoms with van der Waals surface area (Å²) < 4.78 is 33.6. The van der Waals surface area contributed by atoms with Crippen molar-refractivity contribution in [2.45, 2.75) is 25.5 Å². The standard InChI is InChI=1S/C13H21NO4S/c1-13(2,3)19(15,16)8-7-18-11-6-5-10(14)9-12(11)17-4/h5-6,9H,7-8,14H2,1-4H3. The molecule has 1 aromatic carbocycles. The monoisotopic (exact) mass is 287 g/mol. The van der Waals surface area contributed by atoms with E-state index in [1.54, 1.807) is 39.0 Å². The van der Waals surface area contributed by atoms with Gasteiger partial charge in [-0.15, -0.1) is 0 Å². The zero-order valence-electron chi connectivity index (χ0n) is 11.8. The fraction of sp³-hybridized carbons (Fsp3) is 0.538. The van der Waals surface area contributed by atoms with Crippen LogP contribution in [0.4, 0.5) is 5.69 Å². The van der Waals surface area contributed by atoms with Gasteiger partial charge in [0.1, 0.15) is 6.61 Å². The summed E-state index contributed by atoms with van der Waals surface area (Å²) in [4.78, 5) is 0. The van der Waals surface area contributed by atoms with E-state index in [-0.39, 0.29) is 12.4 Å². The van der Waals surface area contributed by atoms with E-state index >= 15 is 0 Å². The number of nitrogen functional groups attached to an aromatic ring is 1. The van der Waals surface area contributed by atoms with E-state index in [9.17, 15) is 8.42 Å². The van der Waals surface area contributed by atoms with Crippen LogP contribution in [-0.4, -0.2) is 32.6 Å². The highest BCUT2D eigenvalue weighted by Crippen LogP contribution is 2.29. The minimum absolute atomic E-state index is 0.0377. The molecule has 0 saturated heterocycles. The zero-order valence-corrected chi connectivity index (χ0v) is 12.6. The lowest BCUT2D eigenvalue weighted by atomic mass is 10.3. The molecule has 0 atom stereocenters. The quantitative estimate of drug-likeness (QED) is 0.836. The lowest BCUT2D eigenvalue weighted by molar-refractivity contribution is 0.311. The van der Waals surface area contributed by atoms with E-state index < -0.39 is 14.6 Å². The van der Waals surface area contributed by atoms with E-state index in [2.05, 4.69) is 0 Å². The van der Waals surface area contributed by atoms with Crippen LogP contribution in [-0.2, 0) is 9.84 Å². The summed E-state index contributed by atoms with van der Waals surface area (Å²) in [7, 11) is -1.68. The highest BCUT2D eigenvalue weighted by atomic mass is 32.2. The Kier molecular flexibility index (Phi) is 4.68. The molecule has 0 bridgehead atoms. The predicted molar refractivity (Wildman–Crippen MR) is 76.4 cm³/mol. The highest BCUT2D eigenvalue weighted by Gasteiger charge is 2.28. The average Bonchev–Trinajstić information content (AvgIpc) is 2.29. The van der Waals surface area contributed by atoms with Gasteiger partial charge in [-0.05, 0) is 32.9 Å². The maximum atomic E-state index is 11.9. The Hall–Kier alpha value is -1.43. The molecule has 5 nitrogen and oxygen atoms in total. The van der Waals surface area contributed by atoms with Crippen LogP contribution in [0.1, 0.15) is 20.8 Å². The third-order valence-corrected chi connectivity index (χ3v) is 5.30. The van der Waals surface area contributed by atoms with E-state index in [1.165, 1.54) is 7.11 Å². The second-order valence-electron chi connectivity index (χ2n) is 5.19. The van der Waals surface area contributed by atoms with Crippen molar-refractivity contribution in [2.75, 3.05) is 25.2 Å². The molecule has 19 heavy (non-hydrogen) atoms. The lowest BCUT2D eigenvalue weighted by Crippen LogP contribution is -2.32. The first kappa shape index (κ1) is 15.6. The molecule has 0 spiro atoms. The summed E-state index contributed by atoms with van der Waals surface area (Å²) in [5, 5.41) is 0. The second-order valence-corrected chi connectivity index (χ2v) is 8.05. The fourth-order valence-electron chi connectivity index (χ4n) is 1.37. The van der Waals surface area contributed by atoms with Crippen LogP contribution in [0.2, 0.25) is 0 Å². The Morgan fingerprint density at radius 3 is 2.37 bits per heavy atom. The average molecular weight is 287 g/mol. The molecule has 0 radical (unpaired) electrons. The summed E-state index contributed by atoms with van der Waals surface area (Å²) in [5.74, 6) is 0.943. The smallest absolute Gasteiger partial charge is 0.162 e. The summed E-state index contributed by atoms with van der Waals surface area (Å²) in [5.41, 5.74) is 6.19. The molecule has 0 amide bonds. The van der Waals surface area contributed by atoms with Gasteiger partial charge in [-0.3, -0.25) is 0 Å². The summed E-state index contributed by atoms with van der Waals surface area (Å²) in [6, 6.07) is 4.97. The van der Waals surface area contributed by atoms with Gasteiger partial charge >= 0.3 is 0 Å². The van der Waals surface area contributed by atoms with Gasteiger partial charge in [-0.25, -0.2) is 8.42 Å². The molecule has 0 aliphatic heterocycles. The van der Waals surface area contributed by atoms with Crippen molar-refractivity contribution >= 4 is 15.5 Å². The van der Waals surface area contributed by atoms with E-state index in [0.29, 0.717) is 17.2 Å². The third-order valence-electron chi connectivity index (χ3n) is 2.73. The number of rotatable bonds is 5. The van der Waals surface area contributed by atoms with E-state index in [0.717, 1.165) is 0 Å². The van der Waals surface area contributed by atoms with Crippen LogP contribution in [0.3, 0.4) is 0 Å². The Labute approximate surface area is 114 Å². The fourth-order valence-corrected chi connectivity index (χ4v) is 2.29. The van der Waals surface area contributed by atoms with Gasteiger partial charge in [0.05, 0.1) is 17.6 Å². The SMILES string of the molecule is COc1cc(N)ccc1OCCS(=O)(=O)C(C)(C)C. The number of hydrogen-bond acceptors (Lipinski definition) is 5. The maximum absolute atomic E-state index is 11.9. The predicted octanol–water partition coefficient (Wildman–Crippen LogP) is 1.87. The Balaban J connectivity index is 2.69. The number of anilines is 1. The molecule has 6 heteroatoms. The maximum Gasteiger partial charge on any atom is 0.162 e. The number of sulfone groups is 1. The van der Waals surface area contributed by atoms with Crippen LogP contribution in [0.25, 0.3) is 0 Å². The van der Waals surface area contributed by atoms with Gasteiger partial charge in [-0.1, -0.05) is 0 Å². The first-order valence-electron chi connectivity index (χ1n) is 5.96. The first-order valence-corrected chi connectivity index (χ1v) is 7.61. The van der Waals surface area contributed by atoms with Crippen LogP contribution in [0.15, 0.2) is 18.2 Å². The highest BCUT2D eigenvalue weighted by molar-refractivity contribution is 7.92. The van der Waals surface area contributed by atoms with Crippen molar-refractivity contribution in [3.8, 4) is 11.5 Å². The normalized spacial score (nSPS) is 12.2. The zero-order chi connectivity index (χ0) is 14.7. The van der Waals surface area contributed by atoms with Gasteiger partial charge in [-0.2, -0.15) is 0 Å².